The number of carbonyl (C=O) groups is 1. The Balaban J connectivity index is 1.43. The Kier molecular flexibility index (Phi) is 6.00. The molecule has 0 bridgehead atoms. The third-order valence-corrected chi connectivity index (χ3v) is 6.31. The van der Waals surface area contributed by atoms with E-state index >= 15 is 0 Å². The molecule has 0 radical (unpaired) electrons. The molecule has 1 N–H and O–H groups in total. The Morgan fingerprint density at radius 2 is 2.07 bits per heavy atom. The predicted molar refractivity (Wildman–Crippen MR) is 117 cm³/mol. The van der Waals surface area contributed by atoms with E-state index in [0.29, 0.717) is 5.75 Å². The van der Waals surface area contributed by atoms with Gasteiger partial charge in [0.05, 0.1) is 11.8 Å². The minimum absolute atomic E-state index is 0.0412. The molecule has 1 amide bonds. The Bertz CT molecular complexity index is 1010. The van der Waals surface area contributed by atoms with Crippen molar-refractivity contribution in [3.8, 4) is 11.4 Å². The Morgan fingerprint density at radius 3 is 2.90 bits per heavy atom. The minimum atomic E-state index is 0.0412. The molecule has 0 saturated heterocycles. The first-order valence-electron chi connectivity index (χ1n) is 10.2. The van der Waals surface area contributed by atoms with Crippen LogP contribution in [0.15, 0.2) is 53.7 Å². The molecule has 6 heteroatoms. The number of hydrogen-bond donors (Lipinski definition) is 1. The molecule has 0 spiro atoms. The number of carbonyl (C=O) groups excluding carboxylic acids is 1. The Labute approximate surface area is 175 Å². The molecule has 29 heavy (non-hydrogen) atoms. The number of fused-ring (bicyclic) bond motifs is 1. The van der Waals surface area contributed by atoms with Crippen molar-refractivity contribution >= 4 is 17.7 Å². The van der Waals surface area contributed by atoms with Crippen molar-refractivity contribution in [2.75, 3.05) is 5.75 Å². The van der Waals surface area contributed by atoms with Gasteiger partial charge in [0.25, 0.3) is 0 Å². The first-order chi connectivity index (χ1) is 14.2. The molecule has 5 nitrogen and oxygen atoms in total. The maximum atomic E-state index is 12.6. The number of aromatic nitrogens is 3. The van der Waals surface area contributed by atoms with Crippen LogP contribution in [0.2, 0.25) is 0 Å². The van der Waals surface area contributed by atoms with E-state index < -0.39 is 0 Å². The average Bonchev–Trinajstić information content (AvgIpc) is 3.15. The molecule has 150 valence electrons. The summed E-state index contributed by atoms with van der Waals surface area (Å²) in [5.74, 6) is 1.23. The molecule has 1 heterocycles. The highest BCUT2D eigenvalue weighted by atomic mass is 32.2. The zero-order chi connectivity index (χ0) is 20.2. The van der Waals surface area contributed by atoms with Gasteiger partial charge in [-0.25, -0.2) is 0 Å². The number of rotatable bonds is 6. The third kappa shape index (κ3) is 4.37. The van der Waals surface area contributed by atoms with Crippen molar-refractivity contribution in [3.05, 3.63) is 65.2 Å². The summed E-state index contributed by atoms with van der Waals surface area (Å²) in [5.41, 5.74) is 4.85. The zero-order valence-electron chi connectivity index (χ0n) is 16.9. The lowest BCUT2D eigenvalue weighted by atomic mass is 9.88. The number of hydrogen-bond acceptors (Lipinski definition) is 4. The SMILES string of the molecule is CCn1c(SCC(=O)NC2CCCc3ccccc32)nnc1-c1cccc(C)c1. The van der Waals surface area contributed by atoms with E-state index in [0.717, 1.165) is 42.4 Å². The lowest BCUT2D eigenvalue weighted by Crippen LogP contribution is -2.32. The fourth-order valence-corrected chi connectivity index (χ4v) is 4.76. The summed E-state index contributed by atoms with van der Waals surface area (Å²) >= 11 is 1.45. The molecule has 0 saturated carbocycles. The van der Waals surface area contributed by atoms with Gasteiger partial charge in [0.2, 0.25) is 5.91 Å². The van der Waals surface area contributed by atoms with Crippen molar-refractivity contribution in [2.24, 2.45) is 0 Å². The zero-order valence-corrected chi connectivity index (χ0v) is 17.7. The van der Waals surface area contributed by atoms with Crippen LogP contribution in [-0.2, 0) is 17.8 Å². The van der Waals surface area contributed by atoms with E-state index in [4.69, 9.17) is 0 Å². The largest absolute Gasteiger partial charge is 0.349 e. The molecule has 0 aliphatic heterocycles. The van der Waals surface area contributed by atoms with Crippen molar-refractivity contribution < 1.29 is 4.79 Å². The number of nitrogens with one attached hydrogen (secondary N) is 1. The summed E-state index contributed by atoms with van der Waals surface area (Å²) in [6.45, 7) is 4.90. The Hall–Kier alpha value is -2.60. The molecule has 2 aromatic carbocycles. The minimum Gasteiger partial charge on any atom is -0.349 e. The topological polar surface area (TPSA) is 59.8 Å². The van der Waals surface area contributed by atoms with Gasteiger partial charge in [-0.2, -0.15) is 0 Å². The second kappa shape index (κ2) is 8.82. The highest BCUT2D eigenvalue weighted by molar-refractivity contribution is 7.99. The van der Waals surface area contributed by atoms with Crippen LogP contribution >= 0.6 is 11.8 Å². The van der Waals surface area contributed by atoms with Gasteiger partial charge in [-0.3, -0.25) is 4.79 Å². The van der Waals surface area contributed by atoms with Gasteiger partial charge in [-0.05, 0) is 50.3 Å². The summed E-state index contributed by atoms with van der Waals surface area (Å²) in [5, 5.41) is 12.7. The van der Waals surface area contributed by atoms with Crippen LogP contribution in [0, 0.1) is 6.92 Å². The van der Waals surface area contributed by atoms with Crippen LogP contribution in [-0.4, -0.2) is 26.4 Å². The van der Waals surface area contributed by atoms with Gasteiger partial charge in [0, 0.05) is 12.1 Å². The first kappa shape index (κ1) is 19.7. The normalized spacial score (nSPS) is 15.7. The average molecular weight is 407 g/mol. The lowest BCUT2D eigenvalue weighted by molar-refractivity contribution is -0.119. The van der Waals surface area contributed by atoms with Crippen molar-refractivity contribution in [3.63, 3.8) is 0 Å². The Morgan fingerprint density at radius 1 is 1.21 bits per heavy atom. The van der Waals surface area contributed by atoms with E-state index in [9.17, 15) is 4.79 Å². The summed E-state index contributed by atoms with van der Waals surface area (Å²) < 4.78 is 2.07. The molecular formula is C23H26N4OS. The second-order valence-electron chi connectivity index (χ2n) is 7.42. The third-order valence-electron chi connectivity index (χ3n) is 5.35. The summed E-state index contributed by atoms with van der Waals surface area (Å²) in [6, 6.07) is 16.8. The smallest absolute Gasteiger partial charge is 0.230 e. The van der Waals surface area contributed by atoms with Crippen molar-refractivity contribution in [1.29, 1.82) is 0 Å². The van der Waals surface area contributed by atoms with Gasteiger partial charge in [0.15, 0.2) is 11.0 Å². The van der Waals surface area contributed by atoms with Gasteiger partial charge in [-0.1, -0.05) is 59.8 Å². The van der Waals surface area contributed by atoms with E-state index in [1.54, 1.807) is 0 Å². The molecule has 1 atom stereocenters. The fraction of sp³-hybridized carbons (Fsp3) is 0.348. The summed E-state index contributed by atoms with van der Waals surface area (Å²) in [4.78, 5) is 12.6. The highest BCUT2D eigenvalue weighted by Crippen LogP contribution is 2.30. The molecule has 1 unspecified atom stereocenters. The predicted octanol–water partition coefficient (Wildman–Crippen LogP) is 4.56. The van der Waals surface area contributed by atoms with Gasteiger partial charge in [0.1, 0.15) is 0 Å². The summed E-state index contributed by atoms with van der Waals surface area (Å²) in [7, 11) is 0. The maximum Gasteiger partial charge on any atom is 0.230 e. The van der Waals surface area contributed by atoms with Crippen LogP contribution in [0.5, 0.6) is 0 Å². The van der Waals surface area contributed by atoms with E-state index in [2.05, 4.69) is 70.3 Å². The fourth-order valence-electron chi connectivity index (χ4n) is 3.95. The second-order valence-corrected chi connectivity index (χ2v) is 8.36. The monoisotopic (exact) mass is 406 g/mol. The van der Waals surface area contributed by atoms with Crippen LogP contribution in [0.25, 0.3) is 11.4 Å². The van der Waals surface area contributed by atoms with Crippen molar-refractivity contribution in [2.45, 2.75) is 50.9 Å². The molecule has 1 aliphatic carbocycles. The number of aryl methyl sites for hydroxylation is 2. The van der Waals surface area contributed by atoms with Crippen LogP contribution < -0.4 is 5.32 Å². The van der Waals surface area contributed by atoms with Crippen LogP contribution in [0.1, 0.15) is 42.5 Å². The van der Waals surface area contributed by atoms with Gasteiger partial charge >= 0.3 is 0 Å². The summed E-state index contributed by atoms with van der Waals surface area (Å²) in [6.07, 6.45) is 3.20. The van der Waals surface area contributed by atoms with E-state index in [1.807, 2.05) is 12.1 Å². The van der Waals surface area contributed by atoms with Crippen molar-refractivity contribution in [1.82, 2.24) is 20.1 Å². The van der Waals surface area contributed by atoms with Crippen LogP contribution in [0.3, 0.4) is 0 Å². The molecule has 4 rings (SSSR count). The molecular weight excluding hydrogens is 380 g/mol. The van der Waals surface area contributed by atoms with E-state index in [1.165, 1.54) is 28.5 Å². The number of nitrogens with zero attached hydrogens (tertiary/aromatic N) is 3. The van der Waals surface area contributed by atoms with Gasteiger partial charge in [-0.15, -0.1) is 10.2 Å². The highest BCUT2D eigenvalue weighted by Gasteiger charge is 2.22. The molecule has 1 aliphatic rings. The van der Waals surface area contributed by atoms with Gasteiger partial charge < -0.3 is 9.88 Å². The van der Waals surface area contributed by atoms with Crippen LogP contribution in [0.4, 0.5) is 0 Å². The molecule has 1 aromatic heterocycles. The molecule has 3 aromatic rings. The quantitative estimate of drug-likeness (QED) is 0.610. The lowest BCUT2D eigenvalue weighted by Gasteiger charge is -2.26. The number of amides is 1. The number of thioether (sulfide) groups is 1. The number of benzene rings is 2. The maximum absolute atomic E-state index is 12.6. The molecule has 0 fully saturated rings. The van der Waals surface area contributed by atoms with E-state index in [-0.39, 0.29) is 11.9 Å². The standard InChI is InChI=1S/C23H26N4OS/c1-3-27-22(18-11-6-8-16(2)14-18)25-26-23(27)29-15-21(28)24-20-13-7-10-17-9-4-5-12-19(17)20/h4-6,8-9,11-12,14,20H,3,7,10,13,15H2,1-2H3,(H,24,28). The first-order valence-corrected chi connectivity index (χ1v) is 11.1.